The zero-order valence-electron chi connectivity index (χ0n) is 13.4. The summed E-state index contributed by atoms with van der Waals surface area (Å²) in [7, 11) is 1.62. The van der Waals surface area contributed by atoms with Crippen LogP contribution >= 0.6 is 0 Å². The van der Waals surface area contributed by atoms with E-state index in [0.29, 0.717) is 19.1 Å². The molecule has 1 saturated heterocycles. The molecule has 0 aromatic heterocycles. The van der Waals surface area contributed by atoms with E-state index in [1.54, 1.807) is 7.11 Å². The van der Waals surface area contributed by atoms with E-state index in [1.165, 1.54) is 12.8 Å². The largest absolute Gasteiger partial charge is 0.497 e. The summed E-state index contributed by atoms with van der Waals surface area (Å²) < 4.78 is 5.11. The second-order valence-electron chi connectivity index (χ2n) is 6.16. The van der Waals surface area contributed by atoms with Gasteiger partial charge in [-0.2, -0.15) is 0 Å². The molecule has 3 amide bonds. The molecule has 0 spiro atoms. The highest BCUT2D eigenvalue weighted by molar-refractivity contribution is 5.90. The lowest BCUT2D eigenvalue weighted by atomic mass is 10.2. The van der Waals surface area contributed by atoms with Gasteiger partial charge in [-0.05, 0) is 30.5 Å². The van der Waals surface area contributed by atoms with Gasteiger partial charge >= 0.3 is 6.03 Å². The molecule has 1 heterocycles. The summed E-state index contributed by atoms with van der Waals surface area (Å²) >= 11 is 0. The van der Waals surface area contributed by atoms with Crippen LogP contribution in [-0.4, -0.2) is 42.6 Å². The van der Waals surface area contributed by atoms with Crippen LogP contribution in [0.25, 0.3) is 0 Å². The van der Waals surface area contributed by atoms with Gasteiger partial charge in [0.2, 0.25) is 5.91 Å². The predicted octanol–water partition coefficient (Wildman–Crippen LogP) is 1.65. The van der Waals surface area contributed by atoms with Gasteiger partial charge in [-0.1, -0.05) is 25.0 Å². The van der Waals surface area contributed by atoms with E-state index < -0.39 is 6.04 Å². The number of nitrogens with zero attached hydrogens (tertiary/aromatic N) is 1. The Hall–Kier alpha value is -2.24. The van der Waals surface area contributed by atoms with Gasteiger partial charge < -0.3 is 20.3 Å². The van der Waals surface area contributed by atoms with Crippen molar-refractivity contribution in [2.24, 2.45) is 0 Å². The fourth-order valence-corrected chi connectivity index (χ4v) is 3.29. The second kappa shape index (κ2) is 6.89. The minimum absolute atomic E-state index is 0.110. The number of hydrogen-bond donors (Lipinski definition) is 2. The van der Waals surface area contributed by atoms with E-state index in [-0.39, 0.29) is 11.9 Å². The lowest BCUT2D eigenvalue weighted by Crippen LogP contribution is -2.42. The molecule has 2 fully saturated rings. The summed E-state index contributed by atoms with van der Waals surface area (Å²) in [6.07, 6.45) is 4.44. The van der Waals surface area contributed by atoms with E-state index in [2.05, 4.69) is 10.6 Å². The van der Waals surface area contributed by atoms with Gasteiger partial charge in [0, 0.05) is 12.6 Å². The Morgan fingerprint density at radius 3 is 2.65 bits per heavy atom. The first-order valence-electron chi connectivity index (χ1n) is 8.15. The number of hydrogen-bond acceptors (Lipinski definition) is 3. The number of methoxy groups -OCH3 is 1. The highest BCUT2D eigenvalue weighted by atomic mass is 16.5. The minimum Gasteiger partial charge on any atom is -0.497 e. The molecule has 124 valence electrons. The first kappa shape index (κ1) is 15.6. The topological polar surface area (TPSA) is 70.7 Å². The first-order valence-corrected chi connectivity index (χ1v) is 8.15. The predicted molar refractivity (Wildman–Crippen MR) is 86.1 cm³/mol. The molecule has 1 unspecified atom stereocenters. The molecule has 23 heavy (non-hydrogen) atoms. The molecule has 1 atom stereocenters. The third-order valence-corrected chi connectivity index (χ3v) is 4.65. The van der Waals surface area contributed by atoms with E-state index >= 15 is 0 Å². The zero-order valence-corrected chi connectivity index (χ0v) is 13.4. The van der Waals surface area contributed by atoms with Crippen LogP contribution in [0, 0.1) is 0 Å². The number of ether oxygens (including phenoxy) is 1. The van der Waals surface area contributed by atoms with Gasteiger partial charge in [-0.3, -0.25) is 4.79 Å². The molecule has 6 heteroatoms. The summed E-state index contributed by atoms with van der Waals surface area (Å²) in [5.74, 6) is 0.657. The van der Waals surface area contributed by atoms with Gasteiger partial charge in [0.05, 0.1) is 13.7 Å². The highest BCUT2D eigenvalue weighted by Gasteiger charge is 2.37. The van der Waals surface area contributed by atoms with Gasteiger partial charge in [-0.25, -0.2) is 4.79 Å². The van der Waals surface area contributed by atoms with Gasteiger partial charge in [0.15, 0.2) is 0 Å². The molecule has 0 bridgehead atoms. The number of amides is 3. The van der Waals surface area contributed by atoms with Crippen molar-refractivity contribution in [3.63, 3.8) is 0 Å². The molecule has 1 aliphatic carbocycles. The summed E-state index contributed by atoms with van der Waals surface area (Å²) in [4.78, 5) is 26.1. The van der Waals surface area contributed by atoms with E-state index in [1.807, 2.05) is 29.2 Å². The third-order valence-electron chi connectivity index (χ3n) is 4.65. The van der Waals surface area contributed by atoms with E-state index in [9.17, 15) is 9.59 Å². The van der Waals surface area contributed by atoms with Crippen molar-refractivity contribution in [2.75, 3.05) is 13.7 Å². The van der Waals surface area contributed by atoms with Crippen LogP contribution in [0.3, 0.4) is 0 Å². The maximum Gasteiger partial charge on any atom is 0.318 e. The van der Waals surface area contributed by atoms with Crippen molar-refractivity contribution in [3.05, 3.63) is 29.8 Å². The molecule has 1 saturated carbocycles. The zero-order chi connectivity index (χ0) is 16.2. The van der Waals surface area contributed by atoms with Crippen LogP contribution in [0.1, 0.15) is 31.2 Å². The second-order valence-corrected chi connectivity index (χ2v) is 6.16. The average molecular weight is 317 g/mol. The van der Waals surface area contributed by atoms with E-state index in [0.717, 1.165) is 24.2 Å². The normalized spacial score (nSPS) is 21.3. The molecule has 1 aromatic rings. The highest BCUT2D eigenvalue weighted by Crippen LogP contribution is 2.25. The number of carbonyl (C=O) groups is 2. The Balaban J connectivity index is 1.51. The average Bonchev–Trinajstić information content (AvgIpc) is 3.22. The SMILES string of the molecule is COc1ccc(CNC(=O)C2CN(C3CCCC3)C(=O)N2)cc1. The fourth-order valence-electron chi connectivity index (χ4n) is 3.29. The van der Waals surface area contributed by atoms with Crippen LogP contribution in [-0.2, 0) is 11.3 Å². The molecular weight excluding hydrogens is 294 g/mol. The molecule has 0 radical (unpaired) electrons. The summed E-state index contributed by atoms with van der Waals surface area (Å²) in [5.41, 5.74) is 0.996. The van der Waals surface area contributed by atoms with Gasteiger partial charge in [-0.15, -0.1) is 0 Å². The lowest BCUT2D eigenvalue weighted by Gasteiger charge is -2.22. The van der Waals surface area contributed by atoms with Crippen molar-refractivity contribution in [2.45, 2.75) is 44.3 Å². The Kier molecular flexibility index (Phi) is 4.69. The van der Waals surface area contributed by atoms with Crippen molar-refractivity contribution in [1.82, 2.24) is 15.5 Å². The monoisotopic (exact) mass is 317 g/mol. The van der Waals surface area contributed by atoms with Crippen LogP contribution in [0.15, 0.2) is 24.3 Å². The van der Waals surface area contributed by atoms with Crippen molar-refractivity contribution in [3.8, 4) is 5.75 Å². The van der Waals surface area contributed by atoms with Crippen LogP contribution < -0.4 is 15.4 Å². The first-order chi connectivity index (χ1) is 11.2. The quantitative estimate of drug-likeness (QED) is 0.867. The number of rotatable bonds is 5. The van der Waals surface area contributed by atoms with E-state index in [4.69, 9.17) is 4.74 Å². The Morgan fingerprint density at radius 2 is 2.00 bits per heavy atom. The molecule has 3 rings (SSSR count). The van der Waals surface area contributed by atoms with Crippen LogP contribution in [0.2, 0.25) is 0 Å². The lowest BCUT2D eigenvalue weighted by molar-refractivity contribution is -0.122. The van der Waals surface area contributed by atoms with Crippen molar-refractivity contribution >= 4 is 11.9 Å². The molecule has 1 aliphatic heterocycles. The molecule has 2 N–H and O–H groups in total. The fraction of sp³-hybridized carbons (Fsp3) is 0.529. The smallest absolute Gasteiger partial charge is 0.318 e. The van der Waals surface area contributed by atoms with Crippen LogP contribution in [0.4, 0.5) is 4.79 Å². The number of carbonyl (C=O) groups excluding carboxylic acids is 2. The third kappa shape index (κ3) is 3.57. The summed E-state index contributed by atoms with van der Waals surface area (Å²) in [5, 5.41) is 5.68. The number of benzene rings is 1. The van der Waals surface area contributed by atoms with Crippen molar-refractivity contribution in [1.29, 1.82) is 0 Å². The number of nitrogens with one attached hydrogen (secondary N) is 2. The summed E-state index contributed by atoms with van der Waals surface area (Å²) in [6, 6.07) is 7.28. The minimum atomic E-state index is -0.457. The van der Waals surface area contributed by atoms with Gasteiger partial charge in [0.25, 0.3) is 0 Å². The molecule has 2 aliphatic rings. The standard InChI is InChI=1S/C17H23N3O3/c1-23-14-8-6-12(7-9-14)10-18-16(21)15-11-20(17(22)19-15)13-4-2-3-5-13/h6-9,13,15H,2-5,10-11H2,1H3,(H,18,21)(H,19,22). The molecule has 1 aromatic carbocycles. The molecular formula is C17H23N3O3. The maximum atomic E-state index is 12.3. The Bertz CT molecular complexity index is 567. The van der Waals surface area contributed by atoms with Gasteiger partial charge in [0.1, 0.15) is 11.8 Å². The van der Waals surface area contributed by atoms with Crippen LogP contribution in [0.5, 0.6) is 5.75 Å². The number of urea groups is 1. The summed E-state index contributed by atoms with van der Waals surface area (Å²) in [6.45, 7) is 0.913. The van der Waals surface area contributed by atoms with Crippen molar-refractivity contribution < 1.29 is 14.3 Å². The molecule has 6 nitrogen and oxygen atoms in total. The maximum absolute atomic E-state index is 12.3. The Morgan fingerprint density at radius 1 is 1.30 bits per heavy atom. The Labute approximate surface area is 136 Å².